The summed E-state index contributed by atoms with van der Waals surface area (Å²) in [6.45, 7) is 8.08. The van der Waals surface area contributed by atoms with E-state index >= 15 is 0 Å². The maximum Gasteiger partial charge on any atom is 0.169 e. The van der Waals surface area contributed by atoms with Crippen molar-refractivity contribution in [3.05, 3.63) is 29.5 Å². The molecule has 0 bridgehead atoms. The minimum absolute atomic E-state index is 0.907. The van der Waals surface area contributed by atoms with Gasteiger partial charge in [-0.15, -0.1) is 0 Å². The molecular formula is C11H15NO. The normalized spacial score (nSPS) is 9.54. The van der Waals surface area contributed by atoms with E-state index in [2.05, 4.69) is 18.1 Å². The topological polar surface area (TPSA) is 26.0 Å². The van der Waals surface area contributed by atoms with Gasteiger partial charge in [0.15, 0.2) is 5.58 Å². The van der Waals surface area contributed by atoms with Crippen LogP contribution in [0.25, 0.3) is 11.0 Å². The first-order valence-corrected chi connectivity index (χ1v) is 4.59. The van der Waals surface area contributed by atoms with Crippen molar-refractivity contribution < 1.29 is 4.52 Å². The lowest BCUT2D eigenvalue weighted by Gasteiger charge is -1.94. The van der Waals surface area contributed by atoms with Gasteiger partial charge in [0.05, 0.1) is 6.20 Å². The van der Waals surface area contributed by atoms with Crippen LogP contribution in [-0.4, -0.2) is 5.16 Å². The highest BCUT2D eigenvalue weighted by atomic mass is 16.5. The van der Waals surface area contributed by atoms with Crippen molar-refractivity contribution in [2.75, 3.05) is 0 Å². The summed E-state index contributed by atoms with van der Waals surface area (Å²) in [6, 6.07) is 4.12. The summed E-state index contributed by atoms with van der Waals surface area (Å²) in [4.78, 5) is 0. The molecule has 1 aromatic heterocycles. The van der Waals surface area contributed by atoms with E-state index in [1.165, 1.54) is 5.56 Å². The predicted molar refractivity (Wildman–Crippen MR) is 54.8 cm³/mol. The molecule has 0 N–H and O–H groups in total. The van der Waals surface area contributed by atoms with Gasteiger partial charge < -0.3 is 4.52 Å². The summed E-state index contributed by atoms with van der Waals surface area (Å²) in [5.74, 6) is 0. The number of hydrogen-bond donors (Lipinski definition) is 0. The van der Waals surface area contributed by atoms with Crippen LogP contribution in [0.3, 0.4) is 0 Å². The number of rotatable bonds is 0. The van der Waals surface area contributed by atoms with Gasteiger partial charge in [-0.05, 0) is 25.0 Å². The maximum atomic E-state index is 5.08. The molecule has 70 valence electrons. The first-order chi connectivity index (χ1) is 6.29. The third-order valence-corrected chi connectivity index (χ3v) is 1.94. The number of benzene rings is 1. The van der Waals surface area contributed by atoms with Gasteiger partial charge >= 0.3 is 0 Å². The van der Waals surface area contributed by atoms with E-state index in [0.29, 0.717) is 0 Å². The Morgan fingerprint density at radius 2 is 1.69 bits per heavy atom. The van der Waals surface area contributed by atoms with E-state index in [1.807, 2.05) is 26.8 Å². The lowest BCUT2D eigenvalue weighted by molar-refractivity contribution is 0.455. The average molecular weight is 177 g/mol. The molecular weight excluding hydrogens is 162 g/mol. The smallest absolute Gasteiger partial charge is 0.169 e. The molecule has 1 aromatic carbocycles. The summed E-state index contributed by atoms with van der Waals surface area (Å²) in [7, 11) is 0. The van der Waals surface area contributed by atoms with Gasteiger partial charge in [0.1, 0.15) is 0 Å². The Bertz CT molecular complexity index is 354. The zero-order valence-corrected chi connectivity index (χ0v) is 8.59. The highest BCUT2D eigenvalue weighted by Crippen LogP contribution is 2.20. The number of hydrogen-bond acceptors (Lipinski definition) is 2. The predicted octanol–water partition coefficient (Wildman–Crippen LogP) is 3.47. The zero-order chi connectivity index (χ0) is 9.84. The van der Waals surface area contributed by atoms with Crippen LogP contribution in [0.2, 0.25) is 0 Å². The Kier molecular flexibility index (Phi) is 3.07. The van der Waals surface area contributed by atoms with E-state index in [4.69, 9.17) is 4.52 Å². The van der Waals surface area contributed by atoms with Crippen LogP contribution >= 0.6 is 0 Å². The lowest BCUT2D eigenvalue weighted by Crippen LogP contribution is -1.76. The molecule has 0 spiro atoms. The Morgan fingerprint density at radius 3 is 2.31 bits per heavy atom. The standard InChI is InChI=1S/C9H9NO.C2H6/c1-6-3-4-7(2)9-8(6)5-10-11-9;1-2/h3-5H,1-2H3;1-2H3. The fraction of sp³-hybridized carbons (Fsp3) is 0.364. The van der Waals surface area contributed by atoms with Crippen LogP contribution in [0.4, 0.5) is 0 Å². The molecule has 0 fully saturated rings. The quantitative estimate of drug-likeness (QED) is 0.615. The molecule has 0 aliphatic carbocycles. The van der Waals surface area contributed by atoms with Gasteiger partial charge in [-0.1, -0.05) is 31.1 Å². The van der Waals surface area contributed by atoms with Crippen molar-refractivity contribution in [2.24, 2.45) is 0 Å². The largest absolute Gasteiger partial charge is 0.356 e. The van der Waals surface area contributed by atoms with Crippen molar-refractivity contribution in [3.63, 3.8) is 0 Å². The molecule has 2 rings (SSSR count). The van der Waals surface area contributed by atoms with Gasteiger partial charge in [-0.25, -0.2) is 0 Å². The second kappa shape index (κ2) is 4.08. The molecule has 2 heteroatoms. The number of fused-ring (bicyclic) bond motifs is 1. The first kappa shape index (κ1) is 9.78. The van der Waals surface area contributed by atoms with Gasteiger partial charge in [0, 0.05) is 5.39 Å². The van der Waals surface area contributed by atoms with Crippen molar-refractivity contribution in [2.45, 2.75) is 27.7 Å². The average Bonchev–Trinajstić information content (AvgIpc) is 2.64. The van der Waals surface area contributed by atoms with E-state index in [0.717, 1.165) is 16.5 Å². The van der Waals surface area contributed by atoms with Gasteiger partial charge in [-0.3, -0.25) is 0 Å². The summed E-state index contributed by atoms with van der Waals surface area (Å²) in [5.41, 5.74) is 3.26. The molecule has 2 aromatic rings. The van der Waals surface area contributed by atoms with Gasteiger partial charge in [0.25, 0.3) is 0 Å². The zero-order valence-electron chi connectivity index (χ0n) is 8.59. The monoisotopic (exact) mass is 177 g/mol. The van der Waals surface area contributed by atoms with Crippen molar-refractivity contribution in [3.8, 4) is 0 Å². The van der Waals surface area contributed by atoms with Gasteiger partial charge in [-0.2, -0.15) is 0 Å². The summed E-state index contributed by atoms with van der Waals surface area (Å²) in [5, 5.41) is 4.86. The van der Waals surface area contributed by atoms with Crippen molar-refractivity contribution in [1.82, 2.24) is 5.16 Å². The molecule has 0 amide bonds. The molecule has 13 heavy (non-hydrogen) atoms. The van der Waals surface area contributed by atoms with Crippen LogP contribution in [0.1, 0.15) is 25.0 Å². The lowest BCUT2D eigenvalue weighted by atomic mass is 10.1. The van der Waals surface area contributed by atoms with Crippen LogP contribution in [0, 0.1) is 13.8 Å². The van der Waals surface area contributed by atoms with Crippen LogP contribution in [0.5, 0.6) is 0 Å². The SMILES string of the molecule is CC.Cc1ccc(C)c2oncc12. The fourth-order valence-electron chi connectivity index (χ4n) is 1.22. The molecule has 0 saturated heterocycles. The van der Waals surface area contributed by atoms with Crippen molar-refractivity contribution >= 4 is 11.0 Å². The summed E-state index contributed by atoms with van der Waals surface area (Å²) < 4.78 is 5.08. The first-order valence-electron chi connectivity index (χ1n) is 4.59. The second-order valence-electron chi connectivity index (χ2n) is 2.77. The minimum atomic E-state index is 0.907. The Labute approximate surface area is 78.5 Å². The van der Waals surface area contributed by atoms with Crippen LogP contribution < -0.4 is 0 Å². The number of aromatic nitrogens is 1. The molecule has 0 aliphatic rings. The summed E-state index contributed by atoms with van der Waals surface area (Å²) in [6.07, 6.45) is 1.76. The van der Waals surface area contributed by atoms with Crippen molar-refractivity contribution in [1.29, 1.82) is 0 Å². The van der Waals surface area contributed by atoms with Gasteiger partial charge in [0.2, 0.25) is 0 Å². The maximum absolute atomic E-state index is 5.08. The summed E-state index contributed by atoms with van der Waals surface area (Å²) >= 11 is 0. The molecule has 0 radical (unpaired) electrons. The van der Waals surface area contributed by atoms with Crippen LogP contribution in [-0.2, 0) is 0 Å². The Hall–Kier alpha value is -1.31. The second-order valence-corrected chi connectivity index (χ2v) is 2.77. The molecule has 2 nitrogen and oxygen atoms in total. The molecule has 1 heterocycles. The van der Waals surface area contributed by atoms with E-state index in [9.17, 15) is 0 Å². The molecule has 0 saturated carbocycles. The molecule has 0 atom stereocenters. The number of nitrogens with zero attached hydrogens (tertiary/aromatic N) is 1. The molecule has 0 aliphatic heterocycles. The Morgan fingerprint density at radius 1 is 1.08 bits per heavy atom. The third-order valence-electron chi connectivity index (χ3n) is 1.94. The molecule has 0 unspecified atom stereocenters. The highest BCUT2D eigenvalue weighted by molar-refractivity contribution is 5.82. The third kappa shape index (κ3) is 1.72. The number of aryl methyl sites for hydroxylation is 2. The van der Waals surface area contributed by atoms with Crippen LogP contribution in [0.15, 0.2) is 22.9 Å². The van der Waals surface area contributed by atoms with E-state index < -0.39 is 0 Å². The Balaban J connectivity index is 0.000000396. The minimum Gasteiger partial charge on any atom is -0.356 e. The highest BCUT2D eigenvalue weighted by Gasteiger charge is 2.03. The van der Waals surface area contributed by atoms with E-state index in [1.54, 1.807) is 6.20 Å². The van der Waals surface area contributed by atoms with E-state index in [-0.39, 0.29) is 0 Å². The fourth-order valence-corrected chi connectivity index (χ4v) is 1.22.